The van der Waals surface area contributed by atoms with Gasteiger partial charge >= 0.3 is 5.97 Å². The standard InChI is InChI=1S/C66H48N8O7/c67-46(66(80)81)18-10-11-35-73-62(76)42-23-25-44-61-45(26-24-43(60(42)61)63(73)77)65(79)74(64(44)78)36-55(75)68-41-21-19-40(20-22-41)59-53-33-31-51(71-53)57(38-14-6-2-7-15-38)49-29-27-47(69-49)56(37-12-4-1-5-13-37)48-28-30-50(70-48)58(39-16-8-3-9-17-39)52-32-34-54(59)72-52/h1-9,12-17,19-34,46,69,72H,10-11,18,35-36,67H2,(H,68,75)(H,80,81). The fourth-order valence-electron chi connectivity index (χ4n) is 11.4. The van der Waals surface area contributed by atoms with Crippen LogP contribution < -0.4 is 11.1 Å². The Hall–Kier alpha value is -10.6. The van der Waals surface area contributed by atoms with Gasteiger partial charge in [-0.15, -0.1) is 0 Å². The normalized spacial score (nSPS) is 13.8. The van der Waals surface area contributed by atoms with E-state index in [0.29, 0.717) is 24.2 Å². The Bertz CT molecular complexity index is 4290. The molecule has 0 aliphatic carbocycles. The molecular weight excluding hydrogens is 1020 g/mol. The lowest BCUT2D eigenvalue weighted by Gasteiger charge is -2.31. The number of nitrogens with two attached hydrogens (primary N) is 1. The molecule has 1 atom stereocenters. The molecule has 9 aromatic rings. The lowest BCUT2D eigenvalue weighted by Crippen LogP contribution is -2.46. The molecule has 6 aromatic carbocycles. The molecule has 4 aliphatic heterocycles. The fraction of sp³-hybridized carbons (Fsp3) is 0.0909. The minimum Gasteiger partial charge on any atom is -0.480 e. The van der Waals surface area contributed by atoms with Crippen LogP contribution in [-0.4, -0.2) is 89.5 Å². The number of carboxylic acids is 1. The molecule has 5 amide bonds. The fourth-order valence-corrected chi connectivity index (χ4v) is 11.4. The summed E-state index contributed by atoms with van der Waals surface area (Å²) in [4.78, 5) is 101. The molecule has 394 valence electrons. The van der Waals surface area contributed by atoms with Gasteiger partial charge in [-0.25, -0.2) is 9.97 Å². The van der Waals surface area contributed by atoms with Crippen LogP contribution in [-0.2, 0) is 9.59 Å². The van der Waals surface area contributed by atoms with E-state index in [1.165, 1.54) is 24.3 Å². The van der Waals surface area contributed by atoms with Gasteiger partial charge in [-0.3, -0.25) is 38.6 Å². The van der Waals surface area contributed by atoms with Gasteiger partial charge in [-0.1, -0.05) is 103 Å². The van der Waals surface area contributed by atoms with Crippen LogP contribution in [0.25, 0.3) is 102 Å². The van der Waals surface area contributed by atoms with Crippen LogP contribution in [0.15, 0.2) is 164 Å². The number of unbranched alkanes of at least 4 members (excludes halogenated alkanes) is 1. The lowest BCUT2D eigenvalue weighted by molar-refractivity contribution is -0.138. The van der Waals surface area contributed by atoms with Crippen molar-refractivity contribution in [3.8, 4) is 44.5 Å². The molecule has 81 heavy (non-hydrogen) atoms. The van der Waals surface area contributed by atoms with Crippen molar-refractivity contribution in [2.75, 3.05) is 18.4 Å². The zero-order valence-electron chi connectivity index (χ0n) is 43.3. The number of H-pyrrole nitrogens is 2. The summed E-state index contributed by atoms with van der Waals surface area (Å²) in [5.41, 5.74) is 20.2. The summed E-state index contributed by atoms with van der Waals surface area (Å²) in [6.45, 7) is -0.584. The number of anilines is 1. The second-order valence-corrected chi connectivity index (χ2v) is 20.2. The Kier molecular flexibility index (Phi) is 12.5. The van der Waals surface area contributed by atoms with Crippen LogP contribution in [0.1, 0.15) is 83.5 Å². The van der Waals surface area contributed by atoms with Crippen LogP contribution in [0, 0.1) is 0 Å². The van der Waals surface area contributed by atoms with Crippen molar-refractivity contribution in [3.05, 3.63) is 209 Å². The van der Waals surface area contributed by atoms with Gasteiger partial charge in [0.1, 0.15) is 12.6 Å². The third kappa shape index (κ3) is 8.87. The summed E-state index contributed by atoms with van der Waals surface area (Å²) in [5.74, 6) is -4.44. The van der Waals surface area contributed by atoms with Gasteiger partial charge in [0.05, 0.1) is 22.8 Å². The Morgan fingerprint density at radius 1 is 0.469 bits per heavy atom. The number of rotatable bonds is 13. The SMILES string of the molecule is NC(CCCCN1C(=O)c2ccc3c4c(ccc(c24)C1=O)C(=O)N(CC(=O)Nc1ccc(-c2c4nc(c(-c5ccccc5)c5ccc([nH]5)c(-c5ccccc5)c5nc(c(-c6ccccc6)c6ccc2[nH]6)C=C5)C=C4)cc1)C3=O)C(=O)O. The molecule has 15 heteroatoms. The first-order valence-corrected chi connectivity index (χ1v) is 26.5. The quantitative estimate of drug-likeness (QED) is 0.0542. The molecule has 0 saturated carbocycles. The highest BCUT2D eigenvalue weighted by Gasteiger charge is 2.40. The van der Waals surface area contributed by atoms with Gasteiger partial charge in [0.25, 0.3) is 23.6 Å². The Morgan fingerprint density at radius 2 is 0.827 bits per heavy atom. The number of imide groups is 2. The van der Waals surface area contributed by atoms with Crippen LogP contribution in [0.5, 0.6) is 0 Å². The first-order valence-electron chi connectivity index (χ1n) is 26.5. The maximum atomic E-state index is 14.2. The molecule has 3 aromatic heterocycles. The third-order valence-corrected chi connectivity index (χ3v) is 15.2. The predicted octanol–water partition coefficient (Wildman–Crippen LogP) is 11.9. The number of amides is 5. The molecule has 15 nitrogen and oxygen atoms in total. The van der Waals surface area contributed by atoms with Crippen LogP contribution >= 0.6 is 0 Å². The minimum atomic E-state index is -1.13. The molecule has 1 unspecified atom stereocenters. The Balaban J connectivity index is 0.844. The van der Waals surface area contributed by atoms with E-state index in [1.807, 2.05) is 84.9 Å². The maximum absolute atomic E-state index is 14.2. The van der Waals surface area contributed by atoms with Crippen molar-refractivity contribution in [3.63, 3.8) is 0 Å². The molecule has 8 bridgehead atoms. The van der Waals surface area contributed by atoms with Gasteiger partial charge in [-0.05, 0) is 126 Å². The van der Waals surface area contributed by atoms with Crippen molar-refractivity contribution >= 4 is 98.3 Å². The average Bonchev–Trinajstić information content (AvgIpc) is 4.52. The summed E-state index contributed by atoms with van der Waals surface area (Å²) >= 11 is 0. The number of aliphatic carboxylic acids is 1. The number of carboxylic acid groups (broad SMARTS) is 1. The highest BCUT2D eigenvalue weighted by atomic mass is 16.4. The van der Waals surface area contributed by atoms with E-state index in [9.17, 15) is 28.8 Å². The number of hydrogen-bond donors (Lipinski definition) is 5. The second-order valence-electron chi connectivity index (χ2n) is 20.2. The zero-order valence-corrected chi connectivity index (χ0v) is 43.3. The number of aromatic amines is 2. The van der Waals surface area contributed by atoms with Crippen molar-refractivity contribution in [1.82, 2.24) is 29.7 Å². The van der Waals surface area contributed by atoms with E-state index < -0.39 is 48.1 Å². The molecule has 6 N–H and O–H groups in total. The molecule has 7 heterocycles. The van der Waals surface area contributed by atoms with Gasteiger partial charge in [0, 0.05) is 89.6 Å². The summed E-state index contributed by atoms with van der Waals surface area (Å²) in [7, 11) is 0. The second kappa shape index (κ2) is 20.3. The molecule has 0 fully saturated rings. The van der Waals surface area contributed by atoms with E-state index in [-0.39, 0.29) is 46.0 Å². The smallest absolute Gasteiger partial charge is 0.320 e. The highest BCUT2D eigenvalue weighted by Crippen LogP contribution is 2.41. The third-order valence-electron chi connectivity index (χ3n) is 15.2. The number of nitrogens with one attached hydrogen (secondary N) is 3. The molecule has 13 rings (SSSR count). The zero-order chi connectivity index (χ0) is 55.5. The summed E-state index contributed by atoms with van der Waals surface area (Å²) < 4.78 is 0. The van der Waals surface area contributed by atoms with Crippen molar-refractivity contribution < 1.29 is 33.9 Å². The first kappa shape index (κ1) is 49.9. The number of nitrogens with zero attached hydrogens (tertiary/aromatic N) is 4. The number of hydrogen-bond acceptors (Lipinski definition) is 9. The molecule has 4 aliphatic rings. The van der Waals surface area contributed by atoms with E-state index in [1.54, 1.807) is 12.1 Å². The van der Waals surface area contributed by atoms with Gasteiger partial charge in [-0.2, -0.15) is 0 Å². The topological polar surface area (TPSA) is 225 Å². The van der Waals surface area contributed by atoms with E-state index in [0.717, 1.165) is 93.5 Å². The number of benzene rings is 6. The van der Waals surface area contributed by atoms with E-state index in [2.05, 4.69) is 82.0 Å². The number of carbonyl (C=O) groups is 6. The van der Waals surface area contributed by atoms with Crippen molar-refractivity contribution in [2.24, 2.45) is 5.73 Å². The van der Waals surface area contributed by atoms with E-state index >= 15 is 0 Å². The summed E-state index contributed by atoms with van der Waals surface area (Å²) in [5, 5.41) is 12.4. The van der Waals surface area contributed by atoms with Gasteiger partial charge < -0.3 is 26.1 Å². The largest absolute Gasteiger partial charge is 0.480 e. The summed E-state index contributed by atoms with van der Waals surface area (Å²) in [6, 6.07) is 50.9. The Labute approximate surface area is 462 Å². The monoisotopic (exact) mass is 1060 g/mol. The van der Waals surface area contributed by atoms with Crippen LogP contribution in [0.2, 0.25) is 0 Å². The number of carbonyl (C=O) groups excluding carboxylic acids is 5. The highest BCUT2D eigenvalue weighted by molar-refractivity contribution is 6.33. The number of aromatic nitrogens is 4. The first-order chi connectivity index (χ1) is 39.5. The van der Waals surface area contributed by atoms with Gasteiger partial charge in [0.15, 0.2) is 0 Å². The lowest BCUT2D eigenvalue weighted by atomic mass is 9.86. The molecule has 0 radical (unpaired) electrons. The van der Waals surface area contributed by atoms with E-state index in [4.69, 9.17) is 20.8 Å². The molecule has 0 saturated heterocycles. The molecular formula is C66H48N8O7. The summed E-state index contributed by atoms with van der Waals surface area (Å²) in [6.07, 6.45) is 9.04. The van der Waals surface area contributed by atoms with Gasteiger partial charge in [0.2, 0.25) is 5.91 Å². The average molecular weight is 1070 g/mol. The number of fused-ring (bicyclic) bond motifs is 8. The Morgan fingerprint density at radius 3 is 1.20 bits per heavy atom. The van der Waals surface area contributed by atoms with Crippen molar-refractivity contribution in [2.45, 2.75) is 25.3 Å². The minimum absolute atomic E-state index is 0.0291. The van der Waals surface area contributed by atoms with Crippen LogP contribution in [0.3, 0.4) is 0 Å². The molecule has 0 spiro atoms. The van der Waals surface area contributed by atoms with Crippen molar-refractivity contribution in [1.29, 1.82) is 0 Å². The predicted molar refractivity (Wildman–Crippen MR) is 313 cm³/mol. The van der Waals surface area contributed by atoms with Crippen LogP contribution in [0.4, 0.5) is 5.69 Å². The maximum Gasteiger partial charge on any atom is 0.320 e.